The molecule has 0 saturated heterocycles. The number of aromatic nitrogens is 2. The Morgan fingerprint density at radius 2 is 2.29 bits per heavy atom. The third-order valence-corrected chi connectivity index (χ3v) is 4.58. The van der Waals surface area contributed by atoms with Crippen molar-refractivity contribution in [2.45, 2.75) is 12.8 Å². The molecule has 1 unspecified atom stereocenters. The topological polar surface area (TPSA) is 17.8 Å². The summed E-state index contributed by atoms with van der Waals surface area (Å²) in [7, 11) is 0. The van der Waals surface area contributed by atoms with E-state index in [-0.39, 0.29) is 0 Å². The first-order valence-electron chi connectivity index (χ1n) is 5.34. The average Bonchev–Trinajstić information content (AvgIpc) is 3.12. The Morgan fingerprint density at radius 3 is 3.00 bits per heavy atom. The van der Waals surface area contributed by atoms with Gasteiger partial charge in [0.15, 0.2) is 0 Å². The van der Waals surface area contributed by atoms with Crippen molar-refractivity contribution in [1.82, 2.24) is 9.55 Å². The number of halogens is 2. The number of hydrogen-bond donors (Lipinski definition) is 0. The minimum absolute atomic E-state index is 0.403. The summed E-state index contributed by atoms with van der Waals surface area (Å²) in [6.45, 7) is 0. The lowest BCUT2D eigenvalue weighted by Gasteiger charge is -1.96. The fraction of sp³-hybridized carbons (Fsp3) is 0.250. The summed E-state index contributed by atoms with van der Waals surface area (Å²) in [6.07, 6.45) is 2.82. The van der Waals surface area contributed by atoms with Crippen molar-refractivity contribution < 1.29 is 4.39 Å². The van der Waals surface area contributed by atoms with Crippen LogP contribution in [-0.2, 0) is 0 Å². The van der Waals surface area contributed by atoms with Crippen LogP contribution in [0.5, 0.6) is 0 Å². The zero-order chi connectivity index (χ0) is 11.8. The van der Waals surface area contributed by atoms with E-state index in [4.69, 9.17) is 0 Å². The van der Waals surface area contributed by atoms with Gasteiger partial charge < -0.3 is 0 Å². The van der Waals surface area contributed by atoms with E-state index in [0.717, 1.165) is 11.1 Å². The van der Waals surface area contributed by atoms with Gasteiger partial charge in [-0.25, -0.2) is 4.45 Å². The Hall–Kier alpha value is -0.660. The second-order valence-electron chi connectivity index (χ2n) is 4.06. The molecule has 0 radical (unpaired) electrons. The molecule has 1 atom stereocenters. The molecule has 0 amide bonds. The number of nitrogens with zero attached hydrogens (tertiary/aromatic N) is 2. The summed E-state index contributed by atoms with van der Waals surface area (Å²) < 4.78 is 15.3. The zero-order valence-electron chi connectivity index (χ0n) is 8.87. The number of rotatable bonds is 1. The van der Waals surface area contributed by atoms with E-state index in [1.165, 1.54) is 12.8 Å². The lowest BCUT2D eigenvalue weighted by molar-refractivity contribution is 0.583. The van der Waals surface area contributed by atoms with Gasteiger partial charge in [-0.3, -0.25) is 0 Å². The molecule has 2 aromatic rings. The molecule has 1 saturated carbocycles. The molecule has 1 aliphatic carbocycles. The van der Waals surface area contributed by atoms with Crippen molar-refractivity contribution >= 4 is 39.3 Å². The molecule has 1 heterocycles. The van der Waals surface area contributed by atoms with Gasteiger partial charge in [0.2, 0.25) is 5.95 Å². The molecule has 0 bridgehead atoms. The SMILES string of the molecule is Fc1nn(PI)c2ccc(C#CC3CC3)cc12. The van der Waals surface area contributed by atoms with Crippen LogP contribution in [0.2, 0.25) is 0 Å². The molecule has 3 rings (SSSR count). The van der Waals surface area contributed by atoms with Crippen LogP contribution < -0.4 is 0 Å². The minimum Gasteiger partial charge on any atom is -0.235 e. The van der Waals surface area contributed by atoms with E-state index in [9.17, 15) is 4.39 Å². The normalized spacial score (nSPS) is 15.4. The molecule has 1 fully saturated rings. The predicted molar refractivity (Wildman–Crippen MR) is 77.0 cm³/mol. The fourth-order valence-electron chi connectivity index (χ4n) is 1.64. The van der Waals surface area contributed by atoms with Gasteiger partial charge in [-0.15, -0.1) is 5.10 Å². The van der Waals surface area contributed by atoms with Crippen molar-refractivity contribution in [3.8, 4) is 11.8 Å². The highest BCUT2D eigenvalue weighted by Crippen LogP contribution is 2.30. The monoisotopic (exact) mass is 358 g/mol. The molecule has 1 aromatic heterocycles. The lowest BCUT2D eigenvalue weighted by atomic mass is 10.1. The second-order valence-corrected chi connectivity index (χ2v) is 6.10. The van der Waals surface area contributed by atoms with Gasteiger partial charge in [-0.2, -0.15) is 4.39 Å². The maximum Gasteiger partial charge on any atom is 0.240 e. The van der Waals surface area contributed by atoms with E-state index in [2.05, 4.69) is 39.0 Å². The Labute approximate surface area is 113 Å². The van der Waals surface area contributed by atoms with E-state index >= 15 is 0 Å². The highest BCUT2D eigenvalue weighted by molar-refractivity contribution is 14.2. The smallest absolute Gasteiger partial charge is 0.235 e. The molecule has 5 heteroatoms. The average molecular weight is 358 g/mol. The Bertz CT molecular complexity index is 637. The van der Waals surface area contributed by atoms with Gasteiger partial charge >= 0.3 is 0 Å². The van der Waals surface area contributed by atoms with Crippen LogP contribution in [0.3, 0.4) is 0 Å². The fourth-order valence-corrected chi connectivity index (χ4v) is 3.15. The highest BCUT2D eigenvalue weighted by Gasteiger charge is 2.17. The maximum absolute atomic E-state index is 13.6. The summed E-state index contributed by atoms with van der Waals surface area (Å²) in [5, 5.41) is 4.43. The second kappa shape index (κ2) is 4.55. The summed E-state index contributed by atoms with van der Waals surface area (Å²) in [4.78, 5) is 0. The Morgan fingerprint density at radius 1 is 1.47 bits per heavy atom. The standard InChI is InChI=1S/C12H9FIN2P/c13-12-10-7-9(4-3-8-1-2-8)5-6-11(10)16(15-12)17-14/h5-8,17H,1-2H2. The molecule has 0 spiro atoms. The molecule has 17 heavy (non-hydrogen) atoms. The summed E-state index contributed by atoms with van der Waals surface area (Å²) >= 11 is 2.19. The van der Waals surface area contributed by atoms with Crippen molar-refractivity contribution in [1.29, 1.82) is 0 Å². The van der Waals surface area contributed by atoms with Crippen LogP contribution in [0.1, 0.15) is 18.4 Å². The van der Waals surface area contributed by atoms with Gasteiger partial charge in [-0.05, 0) is 53.1 Å². The first-order valence-corrected chi connectivity index (χ1v) is 9.40. The van der Waals surface area contributed by atoms with E-state index in [0.29, 0.717) is 17.7 Å². The number of benzene rings is 1. The van der Waals surface area contributed by atoms with Crippen LogP contribution in [0.4, 0.5) is 4.39 Å². The predicted octanol–water partition coefficient (Wildman–Crippen LogP) is 3.73. The van der Waals surface area contributed by atoms with E-state index < -0.39 is 5.95 Å². The Kier molecular flexibility index (Phi) is 3.06. The zero-order valence-corrected chi connectivity index (χ0v) is 12.0. The molecular weight excluding hydrogens is 349 g/mol. The van der Waals surface area contributed by atoms with Crippen molar-refractivity contribution in [3.63, 3.8) is 0 Å². The van der Waals surface area contributed by atoms with E-state index in [1.807, 2.05) is 12.1 Å². The summed E-state index contributed by atoms with van der Waals surface area (Å²) in [5.41, 5.74) is 1.71. The third kappa shape index (κ3) is 2.31. The molecule has 0 aliphatic heterocycles. The van der Waals surface area contributed by atoms with Gasteiger partial charge in [0.1, 0.15) is 0 Å². The first kappa shape index (κ1) is 11.4. The molecule has 2 nitrogen and oxygen atoms in total. The summed E-state index contributed by atoms with van der Waals surface area (Å²) in [6, 6.07) is 5.63. The van der Waals surface area contributed by atoms with E-state index in [1.54, 1.807) is 10.5 Å². The highest BCUT2D eigenvalue weighted by atomic mass is 127. The molecule has 86 valence electrons. The van der Waals surface area contributed by atoms with Crippen molar-refractivity contribution in [2.75, 3.05) is 0 Å². The van der Waals surface area contributed by atoms with Gasteiger partial charge in [0, 0.05) is 11.5 Å². The molecular formula is C12H9FIN2P. The van der Waals surface area contributed by atoms with Crippen LogP contribution in [0.25, 0.3) is 10.9 Å². The minimum atomic E-state index is -0.403. The quantitative estimate of drug-likeness (QED) is 0.432. The maximum atomic E-state index is 13.6. The van der Waals surface area contributed by atoms with Crippen LogP contribution in [0, 0.1) is 23.7 Å². The molecule has 1 aromatic carbocycles. The number of fused-ring (bicyclic) bond motifs is 1. The van der Waals surface area contributed by atoms with Crippen LogP contribution in [-0.4, -0.2) is 9.55 Å². The van der Waals surface area contributed by atoms with Crippen molar-refractivity contribution in [3.05, 3.63) is 29.7 Å². The van der Waals surface area contributed by atoms with Crippen LogP contribution in [0.15, 0.2) is 18.2 Å². The van der Waals surface area contributed by atoms with Gasteiger partial charge in [-0.1, -0.05) is 11.8 Å². The third-order valence-electron chi connectivity index (χ3n) is 2.71. The molecule has 0 N–H and O–H groups in total. The van der Waals surface area contributed by atoms with Gasteiger partial charge in [0.05, 0.1) is 17.3 Å². The van der Waals surface area contributed by atoms with Crippen LogP contribution >= 0.6 is 28.4 Å². The van der Waals surface area contributed by atoms with Crippen molar-refractivity contribution in [2.24, 2.45) is 5.92 Å². The summed E-state index contributed by atoms with van der Waals surface area (Å²) in [5.74, 6) is 6.44. The van der Waals surface area contributed by atoms with Gasteiger partial charge in [0.25, 0.3) is 0 Å². The first-order chi connectivity index (χ1) is 8.28. The number of hydrogen-bond acceptors (Lipinski definition) is 1. The lowest BCUT2D eigenvalue weighted by Crippen LogP contribution is -1.82. The largest absolute Gasteiger partial charge is 0.240 e. The Balaban J connectivity index is 2.06. The molecule has 1 aliphatic rings.